The van der Waals surface area contributed by atoms with Crippen molar-refractivity contribution in [2.24, 2.45) is 5.10 Å². The molecule has 2 aromatic carbocycles. The van der Waals surface area contributed by atoms with Crippen molar-refractivity contribution in [2.45, 2.75) is 13.3 Å². The highest BCUT2D eigenvalue weighted by Gasteiger charge is 2.04. The third kappa shape index (κ3) is 4.83. The van der Waals surface area contributed by atoms with Crippen LogP contribution in [0.25, 0.3) is 11.3 Å². The molecule has 1 N–H and O–H groups in total. The maximum Gasteiger partial charge on any atom is 0.203 e. The predicted octanol–water partition coefficient (Wildman–Crippen LogP) is 5.05. The van der Waals surface area contributed by atoms with Crippen LogP contribution in [-0.2, 0) is 0 Å². The molecule has 3 aromatic rings. The van der Waals surface area contributed by atoms with Crippen LogP contribution in [0.5, 0.6) is 11.5 Å². The van der Waals surface area contributed by atoms with Crippen molar-refractivity contribution in [2.75, 3.05) is 19.1 Å². The first-order chi connectivity index (χ1) is 12.8. The van der Waals surface area contributed by atoms with E-state index in [0.29, 0.717) is 6.61 Å². The number of hydrogen-bond acceptors (Lipinski definition) is 6. The summed E-state index contributed by atoms with van der Waals surface area (Å²) in [6.07, 6.45) is 2.74. The van der Waals surface area contributed by atoms with E-state index in [0.717, 1.165) is 39.9 Å². The normalized spacial score (nSPS) is 10.8. The SMILES string of the molecule is CCCOc1cccc(/C=N\Nc2nc(-c3ccc(OC)cc3)cs2)c1. The summed E-state index contributed by atoms with van der Waals surface area (Å²) in [7, 11) is 1.66. The highest BCUT2D eigenvalue weighted by molar-refractivity contribution is 7.14. The Balaban J connectivity index is 1.61. The lowest BCUT2D eigenvalue weighted by Gasteiger charge is -2.04. The van der Waals surface area contributed by atoms with Gasteiger partial charge in [0.2, 0.25) is 5.13 Å². The van der Waals surface area contributed by atoms with Gasteiger partial charge in [0.15, 0.2) is 0 Å². The Morgan fingerprint density at radius 2 is 2.00 bits per heavy atom. The van der Waals surface area contributed by atoms with Crippen molar-refractivity contribution in [1.82, 2.24) is 4.98 Å². The van der Waals surface area contributed by atoms with Gasteiger partial charge >= 0.3 is 0 Å². The molecule has 0 fully saturated rings. The molecule has 0 aliphatic carbocycles. The van der Waals surface area contributed by atoms with E-state index < -0.39 is 0 Å². The maximum atomic E-state index is 5.63. The molecular formula is C20H21N3O2S. The molecule has 26 heavy (non-hydrogen) atoms. The van der Waals surface area contributed by atoms with Crippen molar-refractivity contribution >= 4 is 22.7 Å². The lowest BCUT2D eigenvalue weighted by atomic mass is 10.2. The van der Waals surface area contributed by atoms with Crippen LogP contribution in [0.3, 0.4) is 0 Å². The van der Waals surface area contributed by atoms with Gasteiger partial charge in [-0.05, 0) is 48.4 Å². The number of ether oxygens (including phenoxy) is 2. The summed E-state index contributed by atoms with van der Waals surface area (Å²) in [6.45, 7) is 2.80. The molecule has 0 bridgehead atoms. The van der Waals surface area contributed by atoms with Crippen LogP contribution in [0.2, 0.25) is 0 Å². The minimum Gasteiger partial charge on any atom is -0.497 e. The fourth-order valence-electron chi connectivity index (χ4n) is 2.29. The quantitative estimate of drug-likeness (QED) is 0.447. The number of rotatable bonds is 8. The topological polar surface area (TPSA) is 55.7 Å². The van der Waals surface area contributed by atoms with Crippen LogP contribution in [0.1, 0.15) is 18.9 Å². The number of methoxy groups -OCH3 is 1. The van der Waals surface area contributed by atoms with Gasteiger partial charge in [-0.1, -0.05) is 19.1 Å². The molecule has 6 heteroatoms. The van der Waals surface area contributed by atoms with Crippen LogP contribution in [-0.4, -0.2) is 24.9 Å². The lowest BCUT2D eigenvalue weighted by molar-refractivity contribution is 0.317. The molecule has 0 unspecified atom stereocenters. The molecule has 0 radical (unpaired) electrons. The molecule has 0 saturated heterocycles. The molecular weight excluding hydrogens is 346 g/mol. The summed E-state index contributed by atoms with van der Waals surface area (Å²) in [4.78, 5) is 4.55. The number of aromatic nitrogens is 1. The molecule has 0 atom stereocenters. The first-order valence-corrected chi connectivity index (χ1v) is 9.28. The largest absolute Gasteiger partial charge is 0.497 e. The molecule has 0 aliphatic rings. The van der Waals surface area contributed by atoms with E-state index in [1.165, 1.54) is 11.3 Å². The Morgan fingerprint density at radius 3 is 2.77 bits per heavy atom. The number of nitrogens with one attached hydrogen (secondary N) is 1. The van der Waals surface area contributed by atoms with Crippen molar-refractivity contribution in [3.05, 3.63) is 59.5 Å². The summed E-state index contributed by atoms with van der Waals surface area (Å²) in [5, 5.41) is 7.01. The maximum absolute atomic E-state index is 5.63. The lowest BCUT2D eigenvalue weighted by Crippen LogP contribution is -1.96. The molecule has 3 rings (SSSR count). The summed E-state index contributed by atoms with van der Waals surface area (Å²) < 4.78 is 10.8. The molecule has 0 saturated carbocycles. The van der Waals surface area contributed by atoms with Gasteiger partial charge < -0.3 is 9.47 Å². The van der Waals surface area contributed by atoms with Gasteiger partial charge in [0, 0.05) is 10.9 Å². The Hall–Kier alpha value is -2.86. The number of hydrazone groups is 1. The van der Waals surface area contributed by atoms with E-state index in [1.807, 2.05) is 53.9 Å². The van der Waals surface area contributed by atoms with Crippen LogP contribution in [0.15, 0.2) is 59.0 Å². The number of anilines is 1. The van der Waals surface area contributed by atoms with E-state index >= 15 is 0 Å². The molecule has 134 valence electrons. The fourth-order valence-corrected chi connectivity index (χ4v) is 2.95. The summed E-state index contributed by atoms with van der Waals surface area (Å²) in [6, 6.07) is 15.7. The van der Waals surface area contributed by atoms with Crippen molar-refractivity contribution in [3.63, 3.8) is 0 Å². The van der Waals surface area contributed by atoms with Gasteiger partial charge in [-0.2, -0.15) is 5.10 Å². The van der Waals surface area contributed by atoms with Crippen LogP contribution >= 0.6 is 11.3 Å². The number of nitrogens with zero attached hydrogens (tertiary/aromatic N) is 2. The third-order valence-corrected chi connectivity index (χ3v) is 4.34. The van der Waals surface area contributed by atoms with Crippen LogP contribution in [0.4, 0.5) is 5.13 Å². The molecule has 0 amide bonds. The standard InChI is InChI=1S/C20H21N3O2S/c1-3-11-25-18-6-4-5-15(12-18)13-21-23-20-22-19(14-26-20)16-7-9-17(24-2)10-8-16/h4-10,12-14H,3,11H2,1-2H3,(H,22,23)/b21-13-. The summed E-state index contributed by atoms with van der Waals surface area (Å²) in [5.74, 6) is 1.68. The third-order valence-electron chi connectivity index (χ3n) is 3.59. The zero-order valence-corrected chi connectivity index (χ0v) is 15.6. The Morgan fingerprint density at radius 1 is 1.15 bits per heavy atom. The first kappa shape index (κ1) is 17.9. The van der Waals surface area contributed by atoms with Crippen molar-refractivity contribution in [1.29, 1.82) is 0 Å². The van der Waals surface area contributed by atoms with Gasteiger partial charge in [0.05, 0.1) is 25.6 Å². The molecule has 1 heterocycles. The summed E-state index contributed by atoms with van der Waals surface area (Å²) >= 11 is 1.51. The second-order valence-electron chi connectivity index (χ2n) is 5.56. The number of thiazole rings is 1. The highest BCUT2D eigenvalue weighted by atomic mass is 32.1. The van der Waals surface area contributed by atoms with E-state index in [4.69, 9.17) is 9.47 Å². The van der Waals surface area contributed by atoms with Gasteiger partial charge in [0.25, 0.3) is 0 Å². The average Bonchev–Trinajstić information content (AvgIpc) is 3.16. The van der Waals surface area contributed by atoms with Gasteiger partial charge in [-0.3, -0.25) is 5.43 Å². The monoisotopic (exact) mass is 367 g/mol. The van der Waals surface area contributed by atoms with Gasteiger partial charge in [-0.25, -0.2) is 4.98 Å². The Bertz CT molecular complexity index is 860. The molecule has 0 aliphatic heterocycles. The van der Waals surface area contributed by atoms with E-state index in [9.17, 15) is 0 Å². The molecule has 5 nitrogen and oxygen atoms in total. The number of hydrogen-bond donors (Lipinski definition) is 1. The van der Waals surface area contributed by atoms with Gasteiger partial charge in [-0.15, -0.1) is 11.3 Å². The van der Waals surface area contributed by atoms with Crippen molar-refractivity contribution < 1.29 is 9.47 Å². The molecule has 0 spiro atoms. The second kappa shape index (κ2) is 9.01. The van der Waals surface area contributed by atoms with Crippen molar-refractivity contribution in [3.8, 4) is 22.8 Å². The average molecular weight is 367 g/mol. The van der Waals surface area contributed by atoms with Crippen LogP contribution < -0.4 is 14.9 Å². The number of benzene rings is 2. The fraction of sp³-hybridized carbons (Fsp3) is 0.200. The Kier molecular flexibility index (Phi) is 6.22. The minimum absolute atomic E-state index is 0.714. The van der Waals surface area contributed by atoms with E-state index in [2.05, 4.69) is 22.4 Å². The predicted molar refractivity (Wildman–Crippen MR) is 108 cm³/mol. The summed E-state index contributed by atoms with van der Waals surface area (Å²) in [5.41, 5.74) is 5.90. The minimum atomic E-state index is 0.714. The van der Waals surface area contributed by atoms with E-state index in [-0.39, 0.29) is 0 Å². The zero-order valence-electron chi connectivity index (χ0n) is 14.8. The van der Waals surface area contributed by atoms with Crippen LogP contribution in [0, 0.1) is 0 Å². The zero-order chi connectivity index (χ0) is 18.2. The first-order valence-electron chi connectivity index (χ1n) is 8.40. The van der Waals surface area contributed by atoms with Gasteiger partial charge in [0.1, 0.15) is 11.5 Å². The molecule has 1 aromatic heterocycles. The Labute approximate surface area is 157 Å². The van der Waals surface area contributed by atoms with E-state index in [1.54, 1.807) is 13.3 Å². The second-order valence-corrected chi connectivity index (χ2v) is 6.42. The smallest absolute Gasteiger partial charge is 0.203 e. The highest BCUT2D eigenvalue weighted by Crippen LogP contribution is 2.26.